The van der Waals surface area contributed by atoms with Gasteiger partial charge in [-0.05, 0) is 31.2 Å². The van der Waals surface area contributed by atoms with E-state index in [0.29, 0.717) is 33.7 Å². The van der Waals surface area contributed by atoms with Crippen LogP contribution < -0.4 is 10.6 Å². The van der Waals surface area contributed by atoms with Gasteiger partial charge in [-0.2, -0.15) is 0 Å². The highest BCUT2D eigenvalue weighted by Gasteiger charge is 2.11. The van der Waals surface area contributed by atoms with Crippen LogP contribution >= 0.6 is 23.2 Å². The molecule has 5 nitrogen and oxygen atoms in total. The van der Waals surface area contributed by atoms with Crippen molar-refractivity contribution >= 4 is 46.0 Å². The molecule has 0 saturated heterocycles. The van der Waals surface area contributed by atoms with Crippen molar-refractivity contribution < 1.29 is 4.92 Å². The molecule has 21 heavy (non-hydrogen) atoms. The molecule has 2 N–H and O–H groups in total. The third-order valence-electron chi connectivity index (χ3n) is 2.72. The molecular weight excluding hydrogens is 313 g/mol. The first-order valence-electron chi connectivity index (χ1n) is 6.25. The molecule has 7 heteroatoms. The summed E-state index contributed by atoms with van der Waals surface area (Å²) in [6, 6.07) is 9.69. The standard InChI is InChI=1S/C14H13Cl2N3O2/c1-2-17-10-6-11(8-12(7-10)19(20)21)18-14-5-9(15)3-4-13(14)16/h3-8,17-18H,2H2,1H3. The van der Waals surface area contributed by atoms with Crippen LogP contribution in [0.1, 0.15) is 6.92 Å². The van der Waals surface area contributed by atoms with Crippen LogP contribution in [-0.4, -0.2) is 11.5 Å². The molecule has 0 amide bonds. The summed E-state index contributed by atoms with van der Waals surface area (Å²) in [6.45, 7) is 2.58. The number of nitrogens with one attached hydrogen (secondary N) is 2. The van der Waals surface area contributed by atoms with Crippen LogP contribution in [0, 0.1) is 10.1 Å². The average molecular weight is 326 g/mol. The summed E-state index contributed by atoms with van der Waals surface area (Å²) in [5.74, 6) is 0. The molecule has 110 valence electrons. The van der Waals surface area contributed by atoms with Crippen molar-refractivity contribution in [1.82, 2.24) is 0 Å². The highest BCUT2D eigenvalue weighted by Crippen LogP contribution is 2.31. The zero-order valence-corrected chi connectivity index (χ0v) is 12.7. The number of anilines is 3. The molecular formula is C14H13Cl2N3O2. The summed E-state index contributed by atoms with van der Waals surface area (Å²) in [4.78, 5) is 10.5. The molecule has 0 aliphatic heterocycles. The number of nitrogens with zero attached hydrogens (tertiary/aromatic N) is 1. The minimum absolute atomic E-state index is 0.00546. The number of hydrogen-bond acceptors (Lipinski definition) is 4. The van der Waals surface area contributed by atoms with Gasteiger partial charge < -0.3 is 10.6 Å². The van der Waals surface area contributed by atoms with Gasteiger partial charge in [0.25, 0.3) is 5.69 Å². The molecule has 0 aliphatic carbocycles. The van der Waals surface area contributed by atoms with E-state index in [0.717, 1.165) is 0 Å². The van der Waals surface area contributed by atoms with E-state index in [2.05, 4.69) is 10.6 Å². The molecule has 0 spiro atoms. The lowest BCUT2D eigenvalue weighted by Crippen LogP contribution is -2.00. The lowest BCUT2D eigenvalue weighted by atomic mass is 10.2. The molecule has 0 aromatic heterocycles. The number of nitro benzene ring substituents is 1. The Kier molecular flexibility index (Phi) is 4.88. The van der Waals surface area contributed by atoms with Crippen molar-refractivity contribution in [2.75, 3.05) is 17.2 Å². The van der Waals surface area contributed by atoms with Crippen molar-refractivity contribution in [3.63, 3.8) is 0 Å². The fourth-order valence-electron chi connectivity index (χ4n) is 1.84. The van der Waals surface area contributed by atoms with Gasteiger partial charge in [-0.25, -0.2) is 0 Å². The third-order valence-corrected chi connectivity index (χ3v) is 3.28. The normalized spacial score (nSPS) is 10.2. The number of non-ortho nitro benzene ring substituents is 1. The van der Waals surface area contributed by atoms with Gasteiger partial charge in [0.15, 0.2) is 0 Å². The van der Waals surface area contributed by atoms with Crippen molar-refractivity contribution in [3.8, 4) is 0 Å². The predicted octanol–water partition coefficient (Wildman–Crippen LogP) is 5.08. The van der Waals surface area contributed by atoms with E-state index >= 15 is 0 Å². The van der Waals surface area contributed by atoms with Crippen molar-refractivity contribution in [3.05, 3.63) is 56.6 Å². The zero-order chi connectivity index (χ0) is 15.4. The van der Waals surface area contributed by atoms with E-state index in [1.165, 1.54) is 12.1 Å². The van der Waals surface area contributed by atoms with Gasteiger partial charge in [0, 0.05) is 35.1 Å². The number of hydrogen-bond donors (Lipinski definition) is 2. The number of nitro groups is 1. The predicted molar refractivity (Wildman–Crippen MR) is 87.0 cm³/mol. The molecule has 0 atom stereocenters. The SMILES string of the molecule is CCNc1cc(Nc2cc(Cl)ccc2Cl)cc([N+](=O)[O-])c1. The third kappa shape index (κ3) is 4.00. The first kappa shape index (κ1) is 15.4. The van der Waals surface area contributed by atoms with Gasteiger partial charge in [-0.1, -0.05) is 23.2 Å². The van der Waals surface area contributed by atoms with E-state index < -0.39 is 4.92 Å². The maximum absolute atomic E-state index is 11.0. The van der Waals surface area contributed by atoms with Gasteiger partial charge >= 0.3 is 0 Å². The fraction of sp³-hybridized carbons (Fsp3) is 0.143. The van der Waals surface area contributed by atoms with Gasteiger partial charge in [-0.3, -0.25) is 10.1 Å². The summed E-state index contributed by atoms with van der Waals surface area (Å²) in [6.07, 6.45) is 0. The molecule has 0 bridgehead atoms. The van der Waals surface area contributed by atoms with Gasteiger partial charge in [0.2, 0.25) is 0 Å². The molecule has 0 radical (unpaired) electrons. The molecule has 0 heterocycles. The number of rotatable bonds is 5. The Morgan fingerprint density at radius 1 is 1.14 bits per heavy atom. The topological polar surface area (TPSA) is 67.2 Å². The van der Waals surface area contributed by atoms with Crippen molar-refractivity contribution in [2.24, 2.45) is 0 Å². The highest BCUT2D eigenvalue weighted by molar-refractivity contribution is 6.35. The number of benzene rings is 2. The van der Waals surface area contributed by atoms with Crippen LogP contribution in [0.3, 0.4) is 0 Å². The summed E-state index contributed by atoms with van der Waals surface area (Å²) >= 11 is 12.0. The Labute approximate surface area is 132 Å². The first-order chi connectivity index (χ1) is 9.99. The zero-order valence-electron chi connectivity index (χ0n) is 11.2. The largest absolute Gasteiger partial charge is 0.385 e. The van der Waals surface area contributed by atoms with Crippen LogP contribution in [0.4, 0.5) is 22.7 Å². The van der Waals surface area contributed by atoms with Crippen LogP contribution in [0.25, 0.3) is 0 Å². The Balaban J connectivity index is 2.38. The van der Waals surface area contributed by atoms with Crippen LogP contribution in [0.5, 0.6) is 0 Å². The van der Waals surface area contributed by atoms with Crippen LogP contribution in [0.2, 0.25) is 10.0 Å². The van der Waals surface area contributed by atoms with E-state index in [4.69, 9.17) is 23.2 Å². The van der Waals surface area contributed by atoms with E-state index in [9.17, 15) is 10.1 Å². The quantitative estimate of drug-likeness (QED) is 0.594. The van der Waals surface area contributed by atoms with Gasteiger partial charge in [-0.15, -0.1) is 0 Å². The van der Waals surface area contributed by atoms with Crippen molar-refractivity contribution in [1.29, 1.82) is 0 Å². The summed E-state index contributed by atoms with van der Waals surface area (Å²) < 4.78 is 0. The molecule has 2 aromatic rings. The Morgan fingerprint density at radius 3 is 2.52 bits per heavy atom. The van der Waals surface area contributed by atoms with Crippen LogP contribution in [0.15, 0.2) is 36.4 Å². The van der Waals surface area contributed by atoms with Crippen molar-refractivity contribution in [2.45, 2.75) is 6.92 Å². The second-order valence-corrected chi connectivity index (χ2v) is 5.15. The average Bonchev–Trinajstić information content (AvgIpc) is 2.43. The first-order valence-corrected chi connectivity index (χ1v) is 7.00. The fourth-order valence-corrected chi connectivity index (χ4v) is 2.18. The van der Waals surface area contributed by atoms with E-state index in [1.807, 2.05) is 6.92 Å². The minimum atomic E-state index is -0.439. The minimum Gasteiger partial charge on any atom is -0.385 e. The van der Waals surface area contributed by atoms with Crippen LogP contribution in [-0.2, 0) is 0 Å². The summed E-state index contributed by atoms with van der Waals surface area (Å²) in [5, 5.41) is 18.1. The monoisotopic (exact) mass is 325 g/mol. The Bertz CT molecular complexity index is 677. The smallest absolute Gasteiger partial charge is 0.273 e. The summed E-state index contributed by atoms with van der Waals surface area (Å²) in [5.41, 5.74) is 1.80. The maximum atomic E-state index is 11.0. The molecule has 0 unspecified atom stereocenters. The lowest BCUT2D eigenvalue weighted by molar-refractivity contribution is -0.384. The Hall–Kier alpha value is -1.98. The number of halogens is 2. The van der Waals surface area contributed by atoms with E-state index in [-0.39, 0.29) is 5.69 Å². The van der Waals surface area contributed by atoms with Gasteiger partial charge in [0.1, 0.15) is 0 Å². The molecule has 2 rings (SSSR count). The lowest BCUT2D eigenvalue weighted by Gasteiger charge is -2.11. The summed E-state index contributed by atoms with van der Waals surface area (Å²) in [7, 11) is 0. The van der Waals surface area contributed by atoms with Gasteiger partial charge in [0.05, 0.1) is 15.6 Å². The second kappa shape index (κ2) is 6.65. The maximum Gasteiger partial charge on any atom is 0.273 e. The highest BCUT2D eigenvalue weighted by atomic mass is 35.5. The molecule has 0 fully saturated rings. The second-order valence-electron chi connectivity index (χ2n) is 4.31. The molecule has 0 aliphatic rings. The Morgan fingerprint density at radius 2 is 1.86 bits per heavy atom. The van der Waals surface area contributed by atoms with E-state index in [1.54, 1.807) is 24.3 Å². The molecule has 0 saturated carbocycles. The molecule has 2 aromatic carbocycles.